The second-order valence-electron chi connectivity index (χ2n) is 18.3. The standard InChI is InChI=1S/C53H103NO6/c1-7-13-26-36-48(37-27-14-8-2)46-51(55)58-43-33-24-20-17-18-22-30-40-50(53(57)60-45-35-32-42-54(11-5)12-6)41-31-23-19-21-25-34-44-59-52(56)47-49(38-28-15-9-3)39-29-16-10-4/h48-50H,7-47H2,1-6H3. The summed E-state index contributed by atoms with van der Waals surface area (Å²) in [4.78, 5) is 40.7. The monoisotopic (exact) mass is 850 g/mol. The van der Waals surface area contributed by atoms with E-state index in [4.69, 9.17) is 14.2 Å². The van der Waals surface area contributed by atoms with Crippen LogP contribution in [-0.2, 0) is 28.6 Å². The molecule has 356 valence electrons. The largest absolute Gasteiger partial charge is 0.466 e. The first kappa shape index (κ1) is 58.4. The summed E-state index contributed by atoms with van der Waals surface area (Å²) in [5.74, 6) is 0.998. The molecule has 0 saturated carbocycles. The number of hydrogen-bond acceptors (Lipinski definition) is 7. The third-order valence-electron chi connectivity index (χ3n) is 12.8. The lowest BCUT2D eigenvalue weighted by Gasteiger charge is -2.18. The lowest BCUT2D eigenvalue weighted by molar-refractivity contribution is -0.149. The molecule has 0 radical (unpaired) electrons. The summed E-state index contributed by atoms with van der Waals surface area (Å²) >= 11 is 0. The van der Waals surface area contributed by atoms with E-state index in [0.717, 1.165) is 135 Å². The van der Waals surface area contributed by atoms with Gasteiger partial charge in [0.2, 0.25) is 0 Å². The molecule has 0 aliphatic heterocycles. The summed E-state index contributed by atoms with van der Waals surface area (Å²) < 4.78 is 17.2. The molecular formula is C53H103NO6. The number of nitrogens with zero attached hydrogens (tertiary/aromatic N) is 1. The highest BCUT2D eigenvalue weighted by atomic mass is 16.5. The van der Waals surface area contributed by atoms with Gasteiger partial charge in [0.1, 0.15) is 0 Å². The van der Waals surface area contributed by atoms with Gasteiger partial charge in [-0.05, 0) is 95.7 Å². The van der Waals surface area contributed by atoms with Crippen molar-refractivity contribution in [1.29, 1.82) is 0 Å². The van der Waals surface area contributed by atoms with Gasteiger partial charge in [-0.15, -0.1) is 0 Å². The number of carbonyl (C=O) groups is 3. The third-order valence-corrected chi connectivity index (χ3v) is 12.8. The van der Waals surface area contributed by atoms with Gasteiger partial charge >= 0.3 is 17.9 Å². The van der Waals surface area contributed by atoms with Crippen molar-refractivity contribution in [2.45, 2.75) is 266 Å². The summed E-state index contributed by atoms with van der Waals surface area (Å²) in [6.45, 7) is 18.2. The number of ether oxygens (including phenoxy) is 3. The Balaban J connectivity index is 4.44. The maximum absolute atomic E-state index is 13.2. The van der Waals surface area contributed by atoms with Crippen molar-refractivity contribution >= 4 is 17.9 Å². The normalized spacial score (nSPS) is 12.2. The van der Waals surface area contributed by atoms with E-state index in [9.17, 15) is 14.4 Å². The molecule has 0 aromatic heterocycles. The Bertz CT molecular complexity index is 918. The van der Waals surface area contributed by atoms with E-state index >= 15 is 0 Å². The van der Waals surface area contributed by atoms with E-state index in [1.54, 1.807) is 0 Å². The van der Waals surface area contributed by atoms with E-state index in [-0.39, 0.29) is 23.8 Å². The summed E-state index contributed by atoms with van der Waals surface area (Å²) in [6, 6.07) is 0. The molecule has 0 aliphatic carbocycles. The van der Waals surface area contributed by atoms with Crippen LogP contribution in [0.5, 0.6) is 0 Å². The van der Waals surface area contributed by atoms with E-state index in [2.05, 4.69) is 46.4 Å². The predicted octanol–water partition coefficient (Wildman–Crippen LogP) is 15.5. The number of hydrogen-bond donors (Lipinski definition) is 0. The molecule has 0 fully saturated rings. The molecular weight excluding hydrogens is 747 g/mol. The zero-order chi connectivity index (χ0) is 44.2. The van der Waals surface area contributed by atoms with Gasteiger partial charge < -0.3 is 19.1 Å². The Labute approximate surface area is 373 Å². The molecule has 0 amide bonds. The van der Waals surface area contributed by atoms with Gasteiger partial charge in [0.05, 0.1) is 25.7 Å². The number of rotatable bonds is 47. The van der Waals surface area contributed by atoms with Crippen molar-refractivity contribution in [1.82, 2.24) is 4.90 Å². The molecule has 60 heavy (non-hydrogen) atoms. The Morgan fingerprint density at radius 2 is 0.683 bits per heavy atom. The molecule has 0 saturated heterocycles. The fourth-order valence-electron chi connectivity index (χ4n) is 8.61. The summed E-state index contributed by atoms with van der Waals surface area (Å²) in [5.41, 5.74) is 0. The highest BCUT2D eigenvalue weighted by molar-refractivity contribution is 5.72. The first-order valence-electron chi connectivity index (χ1n) is 26.5. The van der Waals surface area contributed by atoms with Gasteiger partial charge in [-0.1, -0.05) is 189 Å². The molecule has 0 spiro atoms. The van der Waals surface area contributed by atoms with Gasteiger partial charge in [-0.3, -0.25) is 14.4 Å². The maximum atomic E-state index is 13.2. The Kier molecular flexibility index (Phi) is 44.2. The molecule has 7 heteroatoms. The van der Waals surface area contributed by atoms with Crippen LogP contribution in [0.4, 0.5) is 0 Å². The minimum atomic E-state index is -0.00100. The Hall–Kier alpha value is -1.63. The average Bonchev–Trinajstić information content (AvgIpc) is 3.24. The van der Waals surface area contributed by atoms with Crippen LogP contribution in [0.25, 0.3) is 0 Å². The number of carbonyl (C=O) groups excluding carboxylic acids is 3. The van der Waals surface area contributed by atoms with Crippen LogP contribution in [0, 0.1) is 17.8 Å². The molecule has 1 unspecified atom stereocenters. The predicted molar refractivity (Wildman–Crippen MR) is 255 cm³/mol. The second kappa shape index (κ2) is 45.4. The van der Waals surface area contributed by atoms with Crippen LogP contribution in [0.1, 0.15) is 266 Å². The zero-order valence-corrected chi connectivity index (χ0v) is 41.1. The number of esters is 3. The molecule has 0 aromatic rings. The molecule has 0 rings (SSSR count). The van der Waals surface area contributed by atoms with E-state index in [1.165, 1.54) is 96.3 Å². The highest BCUT2D eigenvalue weighted by Crippen LogP contribution is 2.24. The Morgan fingerprint density at radius 3 is 1.05 bits per heavy atom. The lowest BCUT2D eigenvalue weighted by Crippen LogP contribution is -2.24. The minimum absolute atomic E-state index is 0.00100. The molecule has 0 heterocycles. The summed E-state index contributed by atoms with van der Waals surface area (Å²) in [6.07, 6.45) is 38.9. The SMILES string of the molecule is CCCCCC(CCCCC)CC(=O)OCCCCCCCCCC(CCCCCCCCOC(=O)CC(CCCCC)CCCCC)C(=O)OCCCCN(CC)CC. The van der Waals surface area contributed by atoms with E-state index < -0.39 is 0 Å². The van der Waals surface area contributed by atoms with Crippen LogP contribution in [-0.4, -0.2) is 62.3 Å². The van der Waals surface area contributed by atoms with E-state index in [1.807, 2.05) is 0 Å². The smallest absolute Gasteiger partial charge is 0.308 e. The fraction of sp³-hybridized carbons (Fsp3) is 0.943. The molecule has 0 aliphatic rings. The molecule has 0 N–H and O–H groups in total. The van der Waals surface area contributed by atoms with Crippen molar-refractivity contribution in [2.75, 3.05) is 39.5 Å². The van der Waals surface area contributed by atoms with Crippen molar-refractivity contribution in [3.05, 3.63) is 0 Å². The van der Waals surface area contributed by atoms with Crippen LogP contribution in [0.3, 0.4) is 0 Å². The third kappa shape index (κ3) is 38.1. The van der Waals surface area contributed by atoms with Gasteiger partial charge in [-0.25, -0.2) is 0 Å². The van der Waals surface area contributed by atoms with E-state index in [0.29, 0.717) is 44.5 Å². The zero-order valence-electron chi connectivity index (χ0n) is 41.1. The first-order chi connectivity index (χ1) is 29.3. The maximum Gasteiger partial charge on any atom is 0.308 e. The summed E-state index contributed by atoms with van der Waals surface area (Å²) in [7, 11) is 0. The van der Waals surface area contributed by atoms with Crippen LogP contribution in [0.15, 0.2) is 0 Å². The quantitative estimate of drug-likeness (QED) is 0.0343. The van der Waals surface area contributed by atoms with Crippen molar-refractivity contribution in [2.24, 2.45) is 17.8 Å². The molecule has 0 aromatic carbocycles. The second-order valence-corrected chi connectivity index (χ2v) is 18.3. The number of unbranched alkanes of at least 4 members (excludes halogenated alkanes) is 20. The van der Waals surface area contributed by atoms with Gasteiger partial charge in [-0.2, -0.15) is 0 Å². The molecule has 0 bridgehead atoms. The Morgan fingerprint density at radius 1 is 0.367 bits per heavy atom. The van der Waals surface area contributed by atoms with Crippen LogP contribution < -0.4 is 0 Å². The fourth-order valence-corrected chi connectivity index (χ4v) is 8.61. The lowest BCUT2D eigenvalue weighted by atomic mass is 9.92. The van der Waals surface area contributed by atoms with Gasteiger partial charge in [0, 0.05) is 12.8 Å². The van der Waals surface area contributed by atoms with Gasteiger partial charge in [0.15, 0.2) is 0 Å². The van der Waals surface area contributed by atoms with Crippen LogP contribution in [0.2, 0.25) is 0 Å². The highest BCUT2D eigenvalue weighted by Gasteiger charge is 2.20. The van der Waals surface area contributed by atoms with Crippen molar-refractivity contribution < 1.29 is 28.6 Å². The molecule has 7 nitrogen and oxygen atoms in total. The molecule has 1 atom stereocenters. The van der Waals surface area contributed by atoms with Gasteiger partial charge in [0.25, 0.3) is 0 Å². The topological polar surface area (TPSA) is 82.1 Å². The van der Waals surface area contributed by atoms with Crippen molar-refractivity contribution in [3.8, 4) is 0 Å². The first-order valence-corrected chi connectivity index (χ1v) is 26.5. The summed E-state index contributed by atoms with van der Waals surface area (Å²) in [5, 5.41) is 0. The average molecular weight is 850 g/mol. The van der Waals surface area contributed by atoms with Crippen LogP contribution >= 0.6 is 0 Å². The van der Waals surface area contributed by atoms with Crippen molar-refractivity contribution in [3.63, 3.8) is 0 Å². The minimum Gasteiger partial charge on any atom is -0.466 e.